The molecule has 0 spiro atoms. The molecule has 5 nitrogen and oxygen atoms in total. The standard InChI is InChI=1S/C15H27N5/c1-14(2,3)13-18-11(9-12(19-13)20-16)17-10-15(4)7-5-6-8-15/h9H,5-8,10,16H2,1-4H3,(H2,17,18,19,20). The van der Waals surface area contributed by atoms with Gasteiger partial charge in [0.05, 0.1) is 0 Å². The zero-order chi connectivity index (χ0) is 14.8. The lowest BCUT2D eigenvalue weighted by molar-refractivity contribution is 0.361. The largest absolute Gasteiger partial charge is 0.369 e. The molecule has 0 atom stereocenters. The van der Waals surface area contributed by atoms with Gasteiger partial charge in [-0.05, 0) is 18.3 Å². The van der Waals surface area contributed by atoms with E-state index in [0.717, 1.165) is 18.2 Å². The molecule has 1 aliphatic carbocycles. The van der Waals surface area contributed by atoms with E-state index in [1.807, 2.05) is 6.07 Å². The van der Waals surface area contributed by atoms with Crippen LogP contribution < -0.4 is 16.6 Å². The summed E-state index contributed by atoms with van der Waals surface area (Å²) in [5.41, 5.74) is 2.92. The first-order chi connectivity index (χ1) is 9.32. The predicted molar refractivity (Wildman–Crippen MR) is 83.6 cm³/mol. The normalized spacial score (nSPS) is 18.1. The van der Waals surface area contributed by atoms with Crippen LogP contribution in [0.2, 0.25) is 0 Å². The molecule has 1 aliphatic rings. The molecule has 0 amide bonds. The topological polar surface area (TPSA) is 75.9 Å². The minimum Gasteiger partial charge on any atom is -0.369 e. The number of nitrogens with zero attached hydrogens (tertiary/aromatic N) is 2. The number of hydrazine groups is 1. The van der Waals surface area contributed by atoms with Gasteiger partial charge in [0.25, 0.3) is 0 Å². The van der Waals surface area contributed by atoms with Crippen LogP contribution in [0.15, 0.2) is 6.07 Å². The highest BCUT2D eigenvalue weighted by atomic mass is 15.3. The van der Waals surface area contributed by atoms with Gasteiger partial charge in [-0.2, -0.15) is 0 Å². The Morgan fingerprint density at radius 1 is 1.20 bits per heavy atom. The molecule has 0 aliphatic heterocycles. The third-order valence-electron chi connectivity index (χ3n) is 4.05. The SMILES string of the molecule is CC1(CNc2cc(NN)nc(C(C)(C)C)n2)CCCC1. The zero-order valence-corrected chi connectivity index (χ0v) is 13.1. The van der Waals surface area contributed by atoms with E-state index < -0.39 is 0 Å². The van der Waals surface area contributed by atoms with Crippen molar-refractivity contribution in [3.63, 3.8) is 0 Å². The van der Waals surface area contributed by atoms with Crippen molar-refractivity contribution in [1.29, 1.82) is 0 Å². The second-order valence-corrected chi connectivity index (χ2v) is 7.23. The van der Waals surface area contributed by atoms with Gasteiger partial charge in [-0.1, -0.05) is 40.5 Å². The van der Waals surface area contributed by atoms with Crippen molar-refractivity contribution in [1.82, 2.24) is 9.97 Å². The highest BCUT2D eigenvalue weighted by molar-refractivity contribution is 5.47. The molecule has 0 aromatic carbocycles. The van der Waals surface area contributed by atoms with Crippen molar-refractivity contribution < 1.29 is 0 Å². The summed E-state index contributed by atoms with van der Waals surface area (Å²) in [5, 5.41) is 3.47. The second-order valence-electron chi connectivity index (χ2n) is 7.23. The van der Waals surface area contributed by atoms with Gasteiger partial charge in [0.2, 0.25) is 0 Å². The van der Waals surface area contributed by atoms with E-state index in [2.05, 4.69) is 48.4 Å². The second kappa shape index (κ2) is 5.56. The quantitative estimate of drug-likeness (QED) is 0.582. The monoisotopic (exact) mass is 277 g/mol. The number of anilines is 2. The molecule has 0 bridgehead atoms. The first kappa shape index (κ1) is 15.0. The average Bonchev–Trinajstić information content (AvgIpc) is 2.82. The number of aromatic nitrogens is 2. The lowest BCUT2D eigenvalue weighted by Crippen LogP contribution is -2.25. The summed E-state index contributed by atoms with van der Waals surface area (Å²) in [6.07, 6.45) is 5.26. The van der Waals surface area contributed by atoms with Gasteiger partial charge < -0.3 is 10.7 Å². The fraction of sp³-hybridized carbons (Fsp3) is 0.733. The summed E-state index contributed by atoms with van der Waals surface area (Å²) >= 11 is 0. The Morgan fingerprint density at radius 2 is 1.80 bits per heavy atom. The molecule has 1 aromatic rings. The molecule has 1 fully saturated rings. The maximum Gasteiger partial charge on any atom is 0.145 e. The van der Waals surface area contributed by atoms with Crippen LogP contribution in [0.25, 0.3) is 0 Å². The first-order valence-corrected chi connectivity index (χ1v) is 7.42. The van der Waals surface area contributed by atoms with Gasteiger partial charge in [0, 0.05) is 18.0 Å². The highest BCUT2D eigenvalue weighted by Gasteiger charge is 2.28. The Bertz CT molecular complexity index is 458. The first-order valence-electron chi connectivity index (χ1n) is 7.42. The fourth-order valence-electron chi connectivity index (χ4n) is 2.66. The van der Waals surface area contributed by atoms with Gasteiger partial charge >= 0.3 is 0 Å². The molecule has 20 heavy (non-hydrogen) atoms. The third kappa shape index (κ3) is 3.60. The Balaban J connectivity index is 2.14. The predicted octanol–water partition coefficient (Wildman–Crippen LogP) is 3.05. The van der Waals surface area contributed by atoms with Crippen molar-refractivity contribution in [3.05, 3.63) is 11.9 Å². The highest BCUT2D eigenvalue weighted by Crippen LogP contribution is 2.37. The smallest absolute Gasteiger partial charge is 0.145 e. The van der Waals surface area contributed by atoms with E-state index in [0.29, 0.717) is 11.2 Å². The van der Waals surface area contributed by atoms with E-state index in [9.17, 15) is 0 Å². The molecule has 0 saturated heterocycles. The van der Waals surface area contributed by atoms with E-state index in [4.69, 9.17) is 5.84 Å². The lowest BCUT2D eigenvalue weighted by atomic mass is 9.89. The number of hydrogen-bond acceptors (Lipinski definition) is 5. The number of nitrogens with one attached hydrogen (secondary N) is 2. The number of hydrogen-bond donors (Lipinski definition) is 3. The summed E-state index contributed by atoms with van der Waals surface area (Å²) in [4.78, 5) is 9.06. The Kier molecular flexibility index (Phi) is 4.18. The fourth-order valence-corrected chi connectivity index (χ4v) is 2.66. The summed E-state index contributed by atoms with van der Waals surface area (Å²) < 4.78 is 0. The summed E-state index contributed by atoms with van der Waals surface area (Å²) in [5.74, 6) is 7.81. The van der Waals surface area contributed by atoms with Crippen molar-refractivity contribution in [3.8, 4) is 0 Å². The van der Waals surface area contributed by atoms with Crippen molar-refractivity contribution in [2.45, 2.75) is 58.8 Å². The van der Waals surface area contributed by atoms with Crippen LogP contribution in [-0.2, 0) is 5.41 Å². The number of nitrogen functional groups attached to an aromatic ring is 1. The van der Waals surface area contributed by atoms with Crippen molar-refractivity contribution >= 4 is 11.6 Å². The molecule has 2 rings (SSSR count). The molecule has 0 radical (unpaired) electrons. The number of rotatable bonds is 4. The molecule has 1 heterocycles. The van der Waals surface area contributed by atoms with Gasteiger partial charge in [-0.15, -0.1) is 0 Å². The van der Waals surface area contributed by atoms with Gasteiger partial charge in [-0.25, -0.2) is 15.8 Å². The van der Waals surface area contributed by atoms with Crippen LogP contribution in [0.4, 0.5) is 11.6 Å². The minimum absolute atomic E-state index is 0.0967. The van der Waals surface area contributed by atoms with Crippen molar-refractivity contribution in [2.75, 3.05) is 17.3 Å². The maximum absolute atomic E-state index is 5.51. The molecular formula is C15H27N5. The van der Waals surface area contributed by atoms with Crippen LogP contribution in [-0.4, -0.2) is 16.5 Å². The molecule has 5 heteroatoms. The Morgan fingerprint density at radius 3 is 2.35 bits per heavy atom. The molecule has 1 aromatic heterocycles. The lowest BCUT2D eigenvalue weighted by Gasteiger charge is -2.25. The summed E-state index contributed by atoms with van der Waals surface area (Å²) in [6, 6.07) is 1.87. The molecule has 0 unspecified atom stereocenters. The van der Waals surface area contributed by atoms with E-state index in [1.54, 1.807) is 0 Å². The number of nitrogens with two attached hydrogens (primary N) is 1. The van der Waals surface area contributed by atoms with Crippen molar-refractivity contribution in [2.24, 2.45) is 11.3 Å². The van der Waals surface area contributed by atoms with Gasteiger partial charge in [0.1, 0.15) is 17.5 Å². The van der Waals surface area contributed by atoms with E-state index >= 15 is 0 Å². The van der Waals surface area contributed by atoms with Gasteiger partial charge in [-0.3, -0.25) is 0 Å². The summed E-state index contributed by atoms with van der Waals surface area (Å²) in [7, 11) is 0. The van der Waals surface area contributed by atoms with E-state index in [-0.39, 0.29) is 5.41 Å². The third-order valence-corrected chi connectivity index (χ3v) is 4.05. The Labute approximate surface area is 121 Å². The maximum atomic E-state index is 5.51. The molecule has 1 saturated carbocycles. The Hall–Kier alpha value is -1.36. The molecule has 4 N–H and O–H groups in total. The van der Waals surface area contributed by atoms with Crippen LogP contribution in [0, 0.1) is 5.41 Å². The van der Waals surface area contributed by atoms with E-state index in [1.165, 1.54) is 25.7 Å². The average molecular weight is 277 g/mol. The van der Waals surface area contributed by atoms with Crippen LogP contribution in [0.5, 0.6) is 0 Å². The van der Waals surface area contributed by atoms with Crippen LogP contribution >= 0.6 is 0 Å². The zero-order valence-electron chi connectivity index (χ0n) is 13.1. The van der Waals surface area contributed by atoms with Crippen LogP contribution in [0.3, 0.4) is 0 Å². The molecule has 112 valence electrons. The van der Waals surface area contributed by atoms with Gasteiger partial charge in [0.15, 0.2) is 0 Å². The minimum atomic E-state index is -0.0967. The summed E-state index contributed by atoms with van der Waals surface area (Å²) in [6.45, 7) is 9.61. The molecular weight excluding hydrogens is 250 g/mol. The van der Waals surface area contributed by atoms with Crippen LogP contribution in [0.1, 0.15) is 59.2 Å².